The second-order valence-corrected chi connectivity index (χ2v) is 3.65. The Morgan fingerprint density at radius 2 is 1.80 bits per heavy atom. The van der Waals surface area contributed by atoms with E-state index in [0.29, 0.717) is 6.42 Å². The predicted octanol–water partition coefficient (Wildman–Crippen LogP) is 0.328. The highest BCUT2D eigenvalue weighted by atomic mass is 31.2. The minimum absolute atomic E-state index is 0. The van der Waals surface area contributed by atoms with Crippen molar-refractivity contribution in [3.8, 4) is 0 Å². The van der Waals surface area contributed by atoms with E-state index < -0.39 is 13.8 Å². The van der Waals surface area contributed by atoms with E-state index in [4.69, 9.17) is 14.9 Å². The minimum atomic E-state index is -4.18. The third-order valence-electron chi connectivity index (χ3n) is 0.829. The van der Waals surface area contributed by atoms with Crippen molar-refractivity contribution in [3.05, 3.63) is 12.2 Å². The van der Waals surface area contributed by atoms with Crippen LogP contribution in [0.2, 0.25) is 0 Å². The highest BCUT2D eigenvalue weighted by Crippen LogP contribution is 2.35. The molecule has 0 aromatic rings. The summed E-state index contributed by atoms with van der Waals surface area (Å²) in [6, 6.07) is 0. The van der Waals surface area contributed by atoms with Crippen LogP contribution in [0.4, 0.5) is 0 Å². The van der Waals surface area contributed by atoms with Gasteiger partial charge in [0.2, 0.25) is 0 Å². The average molecular weight is 244 g/mol. The first-order valence-electron chi connectivity index (χ1n) is 3.79. The van der Waals surface area contributed by atoms with Gasteiger partial charge in [-0.05, 0) is 13.3 Å². The Morgan fingerprint density at radius 3 is 1.87 bits per heavy atom. The van der Waals surface area contributed by atoms with Crippen molar-refractivity contribution >= 4 is 13.8 Å². The molecule has 0 spiro atoms. The highest BCUT2D eigenvalue weighted by Gasteiger charge is 2.11. The Labute approximate surface area is 87.9 Å². The lowest BCUT2D eigenvalue weighted by atomic mass is 10.4. The topological polar surface area (TPSA) is 136 Å². The number of aliphatic carboxylic acids is 1. The third kappa shape index (κ3) is 24.6. The maximum absolute atomic E-state index is 9.86. The van der Waals surface area contributed by atoms with Crippen molar-refractivity contribution in [2.45, 2.75) is 20.3 Å². The summed E-state index contributed by atoms with van der Waals surface area (Å²) < 4.78 is 13.9. The Balaban J connectivity index is -0.000000187. The lowest BCUT2D eigenvalue weighted by Crippen LogP contribution is -1.92. The molecule has 7 nitrogen and oxygen atoms in total. The molecule has 0 aliphatic rings. The first kappa shape index (κ1) is 19.8. The van der Waals surface area contributed by atoms with Crippen LogP contribution >= 0.6 is 7.82 Å². The Kier molecular flexibility index (Phi) is 13.0. The van der Waals surface area contributed by atoms with E-state index >= 15 is 0 Å². The molecule has 0 rings (SSSR count). The highest BCUT2D eigenvalue weighted by molar-refractivity contribution is 7.46. The Morgan fingerprint density at radius 1 is 1.47 bits per heavy atom. The molecule has 0 saturated carbocycles. The SMILES string of the molecule is C=C(C)C(=O)O.CCCOP(=O)(O)O.O. The van der Waals surface area contributed by atoms with Crippen molar-refractivity contribution < 1.29 is 34.3 Å². The van der Waals surface area contributed by atoms with Gasteiger partial charge in [0.1, 0.15) is 0 Å². The molecule has 0 aliphatic carbocycles. The zero-order chi connectivity index (χ0) is 11.8. The van der Waals surface area contributed by atoms with Crippen LogP contribution in [-0.2, 0) is 13.9 Å². The number of carbonyl (C=O) groups is 1. The van der Waals surface area contributed by atoms with Gasteiger partial charge in [0.05, 0.1) is 6.61 Å². The summed E-state index contributed by atoms with van der Waals surface area (Å²) >= 11 is 0. The molecule has 0 radical (unpaired) electrons. The second kappa shape index (κ2) is 9.82. The minimum Gasteiger partial charge on any atom is -0.478 e. The lowest BCUT2D eigenvalue weighted by Gasteiger charge is -2.00. The summed E-state index contributed by atoms with van der Waals surface area (Å²) in [7, 11) is -4.18. The van der Waals surface area contributed by atoms with Crippen LogP contribution in [0, 0.1) is 0 Å². The molecule has 15 heavy (non-hydrogen) atoms. The van der Waals surface area contributed by atoms with Gasteiger partial charge >= 0.3 is 13.8 Å². The molecule has 5 N–H and O–H groups in total. The van der Waals surface area contributed by atoms with Gasteiger partial charge in [-0.25, -0.2) is 9.36 Å². The Bertz CT molecular complexity index is 219. The van der Waals surface area contributed by atoms with Gasteiger partial charge in [-0.2, -0.15) is 0 Å². The van der Waals surface area contributed by atoms with Crippen molar-refractivity contribution in [1.82, 2.24) is 0 Å². The van der Waals surface area contributed by atoms with Gasteiger partial charge in [-0.15, -0.1) is 0 Å². The fourth-order valence-corrected chi connectivity index (χ4v) is 0.631. The summed E-state index contributed by atoms with van der Waals surface area (Å²) in [6.07, 6.45) is 0.616. The van der Waals surface area contributed by atoms with E-state index in [1.807, 2.05) is 0 Å². The van der Waals surface area contributed by atoms with E-state index in [9.17, 15) is 9.36 Å². The van der Waals surface area contributed by atoms with Crippen LogP contribution in [-0.4, -0.2) is 32.9 Å². The number of rotatable bonds is 4. The van der Waals surface area contributed by atoms with E-state index in [1.54, 1.807) is 6.92 Å². The van der Waals surface area contributed by atoms with Gasteiger partial charge in [0, 0.05) is 5.57 Å². The summed E-state index contributed by atoms with van der Waals surface area (Å²) in [5, 5.41) is 7.89. The molecular formula is C7H17O7P. The molecule has 0 bridgehead atoms. The van der Waals surface area contributed by atoms with Crippen molar-refractivity contribution in [2.75, 3.05) is 6.61 Å². The van der Waals surface area contributed by atoms with Crippen LogP contribution in [0.5, 0.6) is 0 Å². The van der Waals surface area contributed by atoms with Crippen LogP contribution < -0.4 is 0 Å². The quantitative estimate of drug-likeness (QED) is 0.481. The molecule has 0 saturated heterocycles. The number of hydrogen-bond acceptors (Lipinski definition) is 3. The van der Waals surface area contributed by atoms with Crippen LogP contribution in [0.3, 0.4) is 0 Å². The summed E-state index contributed by atoms with van der Waals surface area (Å²) in [4.78, 5) is 25.7. The first-order chi connectivity index (χ1) is 6.20. The zero-order valence-corrected chi connectivity index (χ0v) is 9.53. The van der Waals surface area contributed by atoms with Crippen LogP contribution in [0.1, 0.15) is 20.3 Å². The predicted molar refractivity (Wildman–Crippen MR) is 54.4 cm³/mol. The summed E-state index contributed by atoms with van der Waals surface area (Å²) in [5.74, 6) is -0.935. The van der Waals surface area contributed by atoms with E-state index in [0.717, 1.165) is 0 Å². The lowest BCUT2D eigenvalue weighted by molar-refractivity contribution is -0.132. The van der Waals surface area contributed by atoms with Crippen molar-refractivity contribution in [3.63, 3.8) is 0 Å². The van der Waals surface area contributed by atoms with Crippen LogP contribution in [0.25, 0.3) is 0 Å². The Hall–Kier alpha value is -0.720. The van der Waals surface area contributed by atoms with E-state index in [2.05, 4.69) is 11.1 Å². The second-order valence-electron chi connectivity index (χ2n) is 2.41. The number of phosphoric acid groups is 1. The monoisotopic (exact) mass is 244 g/mol. The fourth-order valence-electron chi connectivity index (χ4n) is 0.210. The molecular weight excluding hydrogens is 227 g/mol. The summed E-state index contributed by atoms with van der Waals surface area (Å²) in [5.41, 5.74) is 0.176. The van der Waals surface area contributed by atoms with Gasteiger partial charge in [-0.1, -0.05) is 13.5 Å². The molecule has 0 fully saturated rings. The molecule has 0 aliphatic heterocycles. The molecule has 8 heteroatoms. The van der Waals surface area contributed by atoms with Crippen LogP contribution in [0.15, 0.2) is 12.2 Å². The molecule has 0 atom stereocenters. The number of phosphoric ester groups is 1. The van der Waals surface area contributed by atoms with Gasteiger partial charge in [-0.3, -0.25) is 4.52 Å². The average Bonchev–Trinajstić information content (AvgIpc) is 2.00. The van der Waals surface area contributed by atoms with Gasteiger partial charge in [0.25, 0.3) is 0 Å². The van der Waals surface area contributed by atoms with E-state index in [1.165, 1.54) is 6.92 Å². The number of carboxylic acids is 1. The maximum Gasteiger partial charge on any atom is 0.469 e. The number of carboxylic acid groups (broad SMARTS) is 1. The number of hydrogen-bond donors (Lipinski definition) is 3. The molecule has 0 amide bonds. The van der Waals surface area contributed by atoms with E-state index in [-0.39, 0.29) is 17.7 Å². The van der Waals surface area contributed by atoms with Crippen molar-refractivity contribution in [2.24, 2.45) is 0 Å². The molecule has 0 aromatic heterocycles. The molecule has 92 valence electrons. The van der Waals surface area contributed by atoms with Gasteiger partial charge < -0.3 is 20.4 Å². The third-order valence-corrected chi connectivity index (χ3v) is 1.35. The molecule has 0 unspecified atom stereocenters. The smallest absolute Gasteiger partial charge is 0.469 e. The normalized spacial score (nSPS) is 9.33. The fraction of sp³-hybridized carbons (Fsp3) is 0.571. The molecule has 0 heterocycles. The van der Waals surface area contributed by atoms with Gasteiger partial charge in [0.15, 0.2) is 0 Å². The molecule has 0 aromatic carbocycles. The maximum atomic E-state index is 9.86. The van der Waals surface area contributed by atoms with Crippen molar-refractivity contribution in [1.29, 1.82) is 0 Å². The summed E-state index contributed by atoms with van der Waals surface area (Å²) in [6.45, 7) is 6.49. The zero-order valence-electron chi connectivity index (χ0n) is 8.63. The first-order valence-corrected chi connectivity index (χ1v) is 5.32. The standard InChI is InChI=1S/C4H6O2.C3H9O4P.H2O/c1-3(2)4(5)6;1-2-3-7-8(4,5)6;/h1H2,2H3,(H,5,6);2-3H2,1H3,(H2,4,5,6);1H2. The largest absolute Gasteiger partial charge is 0.478 e.